The molecule has 0 fully saturated rings. The van der Waals surface area contributed by atoms with Crippen LogP contribution in [0, 0.1) is 13.8 Å². The summed E-state index contributed by atoms with van der Waals surface area (Å²) in [5, 5.41) is 8.35. The van der Waals surface area contributed by atoms with Crippen LogP contribution < -0.4 is 5.32 Å². The van der Waals surface area contributed by atoms with Crippen LogP contribution in [-0.2, 0) is 0 Å². The highest BCUT2D eigenvalue weighted by atomic mass is 32.1. The van der Waals surface area contributed by atoms with E-state index >= 15 is 0 Å². The van der Waals surface area contributed by atoms with Gasteiger partial charge in [0.2, 0.25) is 0 Å². The molecule has 4 nitrogen and oxygen atoms in total. The molecule has 5 heteroatoms. The number of furan rings is 1. The summed E-state index contributed by atoms with van der Waals surface area (Å²) in [5.74, 6) is 0.0707. The molecule has 0 radical (unpaired) electrons. The smallest absolute Gasteiger partial charge is 0.293 e. The normalized spacial score (nSPS) is 11.2. The molecule has 0 bridgehead atoms. The lowest BCUT2D eigenvalue weighted by Crippen LogP contribution is -2.11. The molecule has 0 atom stereocenters. The number of amides is 1. The summed E-state index contributed by atoms with van der Waals surface area (Å²) in [6.45, 7) is 3.80. The lowest BCUT2D eigenvalue weighted by molar-refractivity contribution is 0.0998. The third kappa shape index (κ3) is 2.29. The maximum absolute atomic E-state index is 12.5. The number of aryl methyl sites for hydroxylation is 2. The van der Waals surface area contributed by atoms with Crippen LogP contribution >= 0.6 is 11.3 Å². The van der Waals surface area contributed by atoms with Gasteiger partial charge in [0.1, 0.15) is 5.58 Å². The SMILES string of the molecule is Cc1csc(NC(=O)c2oc3c(ccc4ccccc43)c2C)n1. The number of anilines is 1. The van der Waals surface area contributed by atoms with Gasteiger partial charge in [0, 0.05) is 21.7 Å². The fraction of sp³-hybridized carbons (Fsp3) is 0.111. The van der Waals surface area contributed by atoms with E-state index in [1.807, 2.05) is 55.6 Å². The number of hydrogen-bond donors (Lipinski definition) is 1. The van der Waals surface area contributed by atoms with Gasteiger partial charge in [-0.3, -0.25) is 10.1 Å². The Bertz CT molecular complexity index is 1050. The van der Waals surface area contributed by atoms with Gasteiger partial charge in [-0.2, -0.15) is 0 Å². The summed E-state index contributed by atoms with van der Waals surface area (Å²) >= 11 is 1.40. The number of aromatic nitrogens is 1. The van der Waals surface area contributed by atoms with Crippen LogP contribution in [-0.4, -0.2) is 10.9 Å². The van der Waals surface area contributed by atoms with Crippen molar-refractivity contribution >= 4 is 44.1 Å². The van der Waals surface area contributed by atoms with Crippen molar-refractivity contribution in [2.45, 2.75) is 13.8 Å². The van der Waals surface area contributed by atoms with Crippen molar-refractivity contribution in [2.75, 3.05) is 5.32 Å². The van der Waals surface area contributed by atoms with Crippen molar-refractivity contribution < 1.29 is 9.21 Å². The van der Waals surface area contributed by atoms with E-state index in [9.17, 15) is 4.79 Å². The Morgan fingerprint density at radius 2 is 1.96 bits per heavy atom. The lowest BCUT2D eigenvalue weighted by Gasteiger charge is -1.99. The second kappa shape index (κ2) is 5.21. The predicted octanol–water partition coefficient (Wildman–Crippen LogP) is 4.91. The Morgan fingerprint density at radius 3 is 2.74 bits per heavy atom. The molecule has 114 valence electrons. The predicted molar refractivity (Wildman–Crippen MR) is 93.3 cm³/mol. The topological polar surface area (TPSA) is 55.1 Å². The molecule has 0 saturated carbocycles. The Morgan fingerprint density at radius 1 is 1.13 bits per heavy atom. The Balaban J connectivity index is 1.82. The van der Waals surface area contributed by atoms with Gasteiger partial charge in [-0.25, -0.2) is 4.98 Å². The van der Waals surface area contributed by atoms with E-state index < -0.39 is 0 Å². The minimum absolute atomic E-state index is 0.267. The molecule has 0 spiro atoms. The van der Waals surface area contributed by atoms with Crippen LogP contribution in [0.4, 0.5) is 5.13 Å². The van der Waals surface area contributed by atoms with Crippen LogP contribution in [0.25, 0.3) is 21.7 Å². The second-order valence-electron chi connectivity index (χ2n) is 5.47. The van der Waals surface area contributed by atoms with Crippen LogP contribution in [0.3, 0.4) is 0 Å². The molecule has 1 N–H and O–H groups in total. The second-order valence-corrected chi connectivity index (χ2v) is 6.33. The maximum Gasteiger partial charge on any atom is 0.293 e. The zero-order valence-corrected chi connectivity index (χ0v) is 13.5. The first-order valence-electron chi connectivity index (χ1n) is 7.28. The number of carbonyl (C=O) groups is 1. The minimum Gasteiger partial charge on any atom is -0.450 e. The van der Waals surface area contributed by atoms with Gasteiger partial charge < -0.3 is 4.42 Å². The lowest BCUT2D eigenvalue weighted by atomic mass is 10.1. The number of carbonyl (C=O) groups excluding carboxylic acids is 1. The van der Waals surface area contributed by atoms with Gasteiger partial charge >= 0.3 is 0 Å². The minimum atomic E-state index is -0.267. The average molecular weight is 322 g/mol. The first-order chi connectivity index (χ1) is 11.1. The molecular formula is C18H14N2O2S. The van der Waals surface area contributed by atoms with Crippen molar-refractivity contribution in [3.8, 4) is 0 Å². The molecule has 4 rings (SSSR count). The van der Waals surface area contributed by atoms with Crippen molar-refractivity contribution in [3.63, 3.8) is 0 Å². The number of fused-ring (bicyclic) bond motifs is 3. The zero-order valence-electron chi connectivity index (χ0n) is 12.7. The molecular weight excluding hydrogens is 308 g/mol. The zero-order chi connectivity index (χ0) is 16.0. The summed E-state index contributed by atoms with van der Waals surface area (Å²) in [7, 11) is 0. The number of rotatable bonds is 2. The van der Waals surface area contributed by atoms with E-state index in [2.05, 4.69) is 10.3 Å². The fourth-order valence-electron chi connectivity index (χ4n) is 2.73. The third-order valence-corrected chi connectivity index (χ3v) is 4.75. The van der Waals surface area contributed by atoms with E-state index in [1.54, 1.807) is 0 Å². The number of nitrogens with zero attached hydrogens (tertiary/aromatic N) is 1. The van der Waals surface area contributed by atoms with Crippen LogP contribution in [0.5, 0.6) is 0 Å². The average Bonchev–Trinajstić information content (AvgIpc) is 3.11. The van der Waals surface area contributed by atoms with Crippen LogP contribution in [0.2, 0.25) is 0 Å². The highest BCUT2D eigenvalue weighted by Gasteiger charge is 2.19. The number of thiazole rings is 1. The molecule has 0 aliphatic carbocycles. The summed E-state index contributed by atoms with van der Waals surface area (Å²) in [6, 6.07) is 12.0. The van der Waals surface area contributed by atoms with E-state index in [1.165, 1.54) is 11.3 Å². The highest BCUT2D eigenvalue weighted by molar-refractivity contribution is 7.13. The van der Waals surface area contributed by atoms with Crippen molar-refractivity contribution in [2.24, 2.45) is 0 Å². The standard InChI is InChI=1S/C18H14N2O2S/c1-10-9-23-18(19-10)20-17(21)15-11(2)13-8-7-12-5-3-4-6-14(12)16(13)22-15/h3-9H,1-2H3,(H,19,20,21). The molecule has 0 saturated heterocycles. The molecule has 2 aromatic carbocycles. The molecule has 0 aliphatic heterocycles. The van der Waals surface area contributed by atoms with Crippen molar-refractivity contribution in [3.05, 3.63) is 58.8 Å². The van der Waals surface area contributed by atoms with Crippen molar-refractivity contribution in [1.29, 1.82) is 0 Å². The Hall–Kier alpha value is -2.66. The van der Waals surface area contributed by atoms with Gasteiger partial charge in [-0.15, -0.1) is 11.3 Å². The van der Waals surface area contributed by atoms with E-state index in [4.69, 9.17) is 4.42 Å². The van der Waals surface area contributed by atoms with Gasteiger partial charge in [0.25, 0.3) is 5.91 Å². The quantitative estimate of drug-likeness (QED) is 0.570. The fourth-order valence-corrected chi connectivity index (χ4v) is 3.41. The van der Waals surface area contributed by atoms with E-state index in [0.717, 1.165) is 33.0 Å². The van der Waals surface area contributed by atoms with E-state index in [0.29, 0.717) is 10.9 Å². The Kier molecular flexibility index (Phi) is 3.16. The number of nitrogens with one attached hydrogen (secondary N) is 1. The molecule has 0 aliphatic rings. The van der Waals surface area contributed by atoms with E-state index in [-0.39, 0.29) is 5.91 Å². The largest absolute Gasteiger partial charge is 0.450 e. The monoisotopic (exact) mass is 322 g/mol. The van der Waals surface area contributed by atoms with Gasteiger partial charge in [-0.05, 0) is 19.2 Å². The van der Waals surface area contributed by atoms with Gasteiger partial charge in [-0.1, -0.05) is 36.4 Å². The molecule has 1 amide bonds. The van der Waals surface area contributed by atoms with Crippen LogP contribution in [0.1, 0.15) is 21.8 Å². The van der Waals surface area contributed by atoms with Gasteiger partial charge in [0.15, 0.2) is 10.9 Å². The van der Waals surface area contributed by atoms with Crippen molar-refractivity contribution in [1.82, 2.24) is 4.98 Å². The summed E-state index contributed by atoms with van der Waals surface area (Å²) < 4.78 is 5.92. The first kappa shape index (κ1) is 14.0. The summed E-state index contributed by atoms with van der Waals surface area (Å²) in [5.41, 5.74) is 2.48. The molecule has 23 heavy (non-hydrogen) atoms. The summed E-state index contributed by atoms with van der Waals surface area (Å²) in [4.78, 5) is 16.8. The number of benzene rings is 2. The number of hydrogen-bond acceptors (Lipinski definition) is 4. The molecule has 2 heterocycles. The van der Waals surface area contributed by atoms with Crippen LogP contribution in [0.15, 0.2) is 46.2 Å². The third-order valence-electron chi connectivity index (χ3n) is 3.87. The molecule has 2 aromatic heterocycles. The summed E-state index contributed by atoms with van der Waals surface area (Å²) in [6.07, 6.45) is 0. The maximum atomic E-state index is 12.5. The molecule has 0 unspecified atom stereocenters. The Labute approximate surface area is 136 Å². The van der Waals surface area contributed by atoms with Gasteiger partial charge in [0.05, 0.1) is 5.69 Å². The highest BCUT2D eigenvalue weighted by Crippen LogP contribution is 2.32. The first-order valence-corrected chi connectivity index (χ1v) is 8.16. The molecule has 4 aromatic rings.